The van der Waals surface area contributed by atoms with E-state index in [2.05, 4.69) is 15.2 Å². The summed E-state index contributed by atoms with van der Waals surface area (Å²) >= 11 is 0. The quantitative estimate of drug-likeness (QED) is 0.894. The average Bonchev–Trinajstić information content (AvgIpc) is 2.46. The molecule has 1 N–H and O–H groups in total. The molecule has 0 aliphatic carbocycles. The van der Waals surface area contributed by atoms with Gasteiger partial charge in [-0.15, -0.1) is 0 Å². The maximum Gasteiger partial charge on any atom is 0.253 e. The van der Waals surface area contributed by atoms with Crippen molar-refractivity contribution in [2.45, 2.75) is 33.2 Å². The number of rotatable bonds is 2. The number of aromatic nitrogens is 1. The third kappa shape index (κ3) is 4.19. The standard InChI is InChI=1S/C16H24N4O2/c1-12(21)19-5-7-20(8-6-19)14-9-13(10-17-11-14)15(22)18-16(2,3)4/h9-11H,5-8H2,1-4H3,(H,18,22). The van der Waals surface area contributed by atoms with Crippen LogP contribution in [0.5, 0.6) is 0 Å². The molecule has 2 amide bonds. The van der Waals surface area contributed by atoms with Crippen LogP contribution < -0.4 is 10.2 Å². The number of nitrogens with zero attached hydrogens (tertiary/aromatic N) is 3. The molecule has 2 heterocycles. The van der Waals surface area contributed by atoms with Gasteiger partial charge in [-0.25, -0.2) is 0 Å². The summed E-state index contributed by atoms with van der Waals surface area (Å²) in [4.78, 5) is 31.7. The zero-order valence-corrected chi connectivity index (χ0v) is 13.7. The molecule has 0 unspecified atom stereocenters. The summed E-state index contributed by atoms with van der Waals surface area (Å²) in [6.07, 6.45) is 3.34. The van der Waals surface area contributed by atoms with E-state index >= 15 is 0 Å². The summed E-state index contributed by atoms with van der Waals surface area (Å²) < 4.78 is 0. The molecule has 1 fully saturated rings. The van der Waals surface area contributed by atoms with E-state index in [4.69, 9.17) is 0 Å². The van der Waals surface area contributed by atoms with Gasteiger partial charge in [0.2, 0.25) is 5.91 Å². The van der Waals surface area contributed by atoms with E-state index < -0.39 is 0 Å². The highest BCUT2D eigenvalue weighted by atomic mass is 16.2. The Bertz CT molecular complexity index is 558. The smallest absolute Gasteiger partial charge is 0.253 e. The molecule has 1 aromatic heterocycles. The van der Waals surface area contributed by atoms with Gasteiger partial charge in [-0.3, -0.25) is 14.6 Å². The van der Waals surface area contributed by atoms with Gasteiger partial charge in [0.05, 0.1) is 17.4 Å². The van der Waals surface area contributed by atoms with E-state index in [1.165, 1.54) is 0 Å². The van der Waals surface area contributed by atoms with Crippen LogP contribution in [0.15, 0.2) is 18.5 Å². The fourth-order valence-electron chi connectivity index (χ4n) is 2.42. The fourth-order valence-corrected chi connectivity index (χ4v) is 2.42. The maximum atomic E-state index is 12.2. The maximum absolute atomic E-state index is 12.2. The molecule has 1 saturated heterocycles. The summed E-state index contributed by atoms with van der Waals surface area (Å²) in [6, 6.07) is 1.86. The van der Waals surface area contributed by atoms with Gasteiger partial charge in [0.25, 0.3) is 5.91 Å². The molecule has 0 radical (unpaired) electrons. The number of carbonyl (C=O) groups is 2. The summed E-state index contributed by atoms with van der Waals surface area (Å²) in [5.74, 6) is -0.0136. The molecule has 0 bridgehead atoms. The fraction of sp³-hybridized carbons (Fsp3) is 0.562. The van der Waals surface area contributed by atoms with Gasteiger partial charge in [-0.1, -0.05) is 0 Å². The Morgan fingerprint density at radius 1 is 1.14 bits per heavy atom. The molecule has 0 spiro atoms. The minimum atomic E-state index is -0.278. The largest absolute Gasteiger partial charge is 0.367 e. The third-order valence-electron chi connectivity index (χ3n) is 3.56. The Balaban J connectivity index is 2.06. The van der Waals surface area contributed by atoms with Gasteiger partial charge in [0.15, 0.2) is 0 Å². The molecular weight excluding hydrogens is 280 g/mol. The highest BCUT2D eigenvalue weighted by Crippen LogP contribution is 2.17. The van der Waals surface area contributed by atoms with E-state index in [1.807, 2.05) is 31.7 Å². The predicted octanol–water partition coefficient (Wildman–Crippen LogP) is 1.28. The molecule has 1 aliphatic heterocycles. The number of pyridine rings is 1. The lowest BCUT2D eigenvalue weighted by Gasteiger charge is -2.35. The van der Waals surface area contributed by atoms with Gasteiger partial charge in [-0.2, -0.15) is 0 Å². The second kappa shape index (κ2) is 6.34. The Morgan fingerprint density at radius 3 is 2.32 bits per heavy atom. The molecule has 1 aliphatic rings. The molecule has 0 saturated carbocycles. The molecule has 6 nitrogen and oxygen atoms in total. The van der Waals surface area contributed by atoms with Crippen LogP contribution in [0, 0.1) is 0 Å². The third-order valence-corrected chi connectivity index (χ3v) is 3.56. The number of hydrogen-bond donors (Lipinski definition) is 1. The minimum Gasteiger partial charge on any atom is -0.367 e. The highest BCUT2D eigenvalue weighted by molar-refractivity contribution is 5.95. The zero-order valence-electron chi connectivity index (χ0n) is 13.7. The molecule has 2 rings (SSSR count). The number of nitrogens with one attached hydrogen (secondary N) is 1. The van der Waals surface area contributed by atoms with Crippen LogP contribution in [-0.4, -0.2) is 53.4 Å². The van der Waals surface area contributed by atoms with Crippen LogP contribution >= 0.6 is 0 Å². The lowest BCUT2D eigenvalue weighted by molar-refractivity contribution is -0.129. The van der Waals surface area contributed by atoms with Crippen LogP contribution in [0.4, 0.5) is 5.69 Å². The first-order chi connectivity index (χ1) is 10.3. The van der Waals surface area contributed by atoms with Crippen molar-refractivity contribution in [2.75, 3.05) is 31.1 Å². The number of amides is 2. The number of hydrogen-bond acceptors (Lipinski definition) is 4. The molecule has 0 atom stereocenters. The Morgan fingerprint density at radius 2 is 1.77 bits per heavy atom. The number of anilines is 1. The summed E-state index contributed by atoms with van der Waals surface area (Å²) in [5.41, 5.74) is 1.20. The van der Waals surface area contributed by atoms with Crippen molar-refractivity contribution >= 4 is 17.5 Å². The van der Waals surface area contributed by atoms with Crippen molar-refractivity contribution in [3.8, 4) is 0 Å². The lowest BCUT2D eigenvalue weighted by atomic mass is 10.1. The van der Waals surface area contributed by atoms with Crippen LogP contribution in [0.2, 0.25) is 0 Å². The van der Waals surface area contributed by atoms with E-state index in [9.17, 15) is 9.59 Å². The molecular formula is C16H24N4O2. The van der Waals surface area contributed by atoms with Crippen molar-refractivity contribution in [1.82, 2.24) is 15.2 Å². The molecule has 0 aromatic carbocycles. The highest BCUT2D eigenvalue weighted by Gasteiger charge is 2.20. The minimum absolute atomic E-state index is 0.107. The van der Waals surface area contributed by atoms with Crippen LogP contribution in [0.25, 0.3) is 0 Å². The van der Waals surface area contributed by atoms with Crippen molar-refractivity contribution < 1.29 is 9.59 Å². The van der Waals surface area contributed by atoms with E-state index in [0.717, 1.165) is 18.8 Å². The second-order valence-corrected chi connectivity index (χ2v) is 6.63. The molecule has 1 aromatic rings. The Hall–Kier alpha value is -2.11. The monoisotopic (exact) mass is 304 g/mol. The SMILES string of the molecule is CC(=O)N1CCN(c2cncc(C(=O)NC(C)(C)C)c2)CC1. The first-order valence-electron chi connectivity index (χ1n) is 7.54. The van der Waals surface area contributed by atoms with Gasteiger partial charge >= 0.3 is 0 Å². The zero-order chi connectivity index (χ0) is 16.3. The van der Waals surface area contributed by atoms with Crippen LogP contribution in [0.1, 0.15) is 38.1 Å². The summed E-state index contributed by atoms with van der Waals surface area (Å²) in [7, 11) is 0. The number of piperazine rings is 1. The van der Waals surface area contributed by atoms with Crippen molar-refractivity contribution in [1.29, 1.82) is 0 Å². The van der Waals surface area contributed by atoms with Gasteiger partial charge in [0.1, 0.15) is 0 Å². The molecule has 120 valence electrons. The van der Waals surface area contributed by atoms with Crippen LogP contribution in [-0.2, 0) is 4.79 Å². The number of carbonyl (C=O) groups excluding carboxylic acids is 2. The van der Waals surface area contributed by atoms with Gasteiger partial charge in [-0.05, 0) is 26.8 Å². The second-order valence-electron chi connectivity index (χ2n) is 6.63. The van der Waals surface area contributed by atoms with E-state index in [1.54, 1.807) is 19.3 Å². The summed E-state index contributed by atoms with van der Waals surface area (Å²) in [6.45, 7) is 10.4. The first-order valence-corrected chi connectivity index (χ1v) is 7.54. The average molecular weight is 304 g/mol. The van der Waals surface area contributed by atoms with Gasteiger partial charge in [0, 0.05) is 44.8 Å². The van der Waals surface area contributed by atoms with Gasteiger partial charge < -0.3 is 15.1 Å². The van der Waals surface area contributed by atoms with Crippen molar-refractivity contribution in [3.05, 3.63) is 24.0 Å². The van der Waals surface area contributed by atoms with Crippen molar-refractivity contribution in [3.63, 3.8) is 0 Å². The van der Waals surface area contributed by atoms with Crippen LogP contribution in [0.3, 0.4) is 0 Å². The Labute approximate surface area is 131 Å². The molecule has 6 heteroatoms. The summed E-state index contributed by atoms with van der Waals surface area (Å²) in [5, 5.41) is 2.94. The first kappa shape index (κ1) is 16.3. The van der Waals surface area contributed by atoms with E-state index in [-0.39, 0.29) is 17.4 Å². The predicted molar refractivity (Wildman–Crippen MR) is 85.9 cm³/mol. The normalized spacial score (nSPS) is 15.6. The topological polar surface area (TPSA) is 65.5 Å². The van der Waals surface area contributed by atoms with E-state index in [0.29, 0.717) is 18.7 Å². The Kier molecular flexibility index (Phi) is 4.68. The molecule has 22 heavy (non-hydrogen) atoms. The van der Waals surface area contributed by atoms with Crippen molar-refractivity contribution in [2.24, 2.45) is 0 Å². The lowest BCUT2D eigenvalue weighted by Crippen LogP contribution is -2.48.